The highest BCUT2D eigenvalue weighted by molar-refractivity contribution is 5.91. The molecule has 0 saturated heterocycles. The van der Waals surface area contributed by atoms with Crippen LogP contribution in [0.5, 0.6) is 0 Å². The third kappa shape index (κ3) is 7.41. The van der Waals surface area contributed by atoms with E-state index < -0.39 is 12.1 Å². The van der Waals surface area contributed by atoms with Crippen LogP contribution >= 0.6 is 0 Å². The van der Waals surface area contributed by atoms with Crippen LogP contribution in [0.1, 0.15) is 58.4 Å². The Morgan fingerprint density at radius 2 is 2.05 bits per heavy atom. The lowest BCUT2D eigenvalue weighted by atomic mass is 10.1. The smallest absolute Gasteiger partial charge is 0.319 e. The van der Waals surface area contributed by atoms with Crippen molar-refractivity contribution in [1.29, 1.82) is 0 Å². The highest BCUT2D eigenvalue weighted by Crippen LogP contribution is 2.19. The first-order valence-electron chi connectivity index (χ1n) is 8.22. The Morgan fingerprint density at radius 1 is 1.36 bits per heavy atom. The Morgan fingerprint density at radius 3 is 2.59 bits per heavy atom. The first kappa shape index (κ1) is 20.4. The van der Waals surface area contributed by atoms with Gasteiger partial charge in [-0.15, -0.1) is 0 Å². The van der Waals surface area contributed by atoms with Crippen molar-refractivity contribution in [2.75, 3.05) is 11.4 Å². The van der Waals surface area contributed by atoms with E-state index in [9.17, 15) is 9.90 Å². The number of anilines is 1. The van der Waals surface area contributed by atoms with Gasteiger partial charge in [0, 0.05) is 6.20 Å². The van der Waals surface area contributed by atoms with E-state index in [0.717, 1.165) is 18.4 Å². The van der Waals surface area contributed by atoms with Crippen LogP contribution in [0.4, 0.5) is 10.5 Å². The number of carbonyl (C=O) groups excluding carboxylic acids is 1. The van der Waals surface area contributed by atoms with Gasteiger partial charge in [-0.25, -0.2) is 4.79 Å². The van der Waals surface area contributed by atoms with E-state index in [1.807, 2.05) is 26.8 Å². The van der Waals surface area contributed by atoms with Gasteiger partial charge < -0.3 is 10.8 Å². The van der Waals surface area contributed by atoms with Crippen LogP contribution in [0.15, 0.2) is 18.5 Å². The average molecular weight is 309 g/mol. The predicted molar refractivity (Wildman–Crippen MR) is 92.0 cm³/mol. The second kappa shape index (κ2) is 12.0. The van der Waals surface area contributed by atoms with E-state index in [0.29, 0.717) is 12.1 Å². The molecule has 1 unspecified atom stereocenters. The Balaban J connectivity index is 0.00000211. The van der Waals surface area contributed by atoms with E-state index in [2.05, 4.69) is 11.9 Å². The van der Waals surface area contributed by atoms with Gasteiger partial charge in [0.05, 0.1) is 24.5 Å². The fourth-order valence-corrected chi connectivity index (χ4v) is 2.15. The van der Waals surface area contributed by atoms with Crippen LogP contribution in [0.25, 0.3) is 0 Å². The van der Waals surface area contributed by atoms with Gasteiger partial charge in [0.15, 0.2) is 0 Å². The molecule has 126 valence electrons. The summed E-state index contributed by atoms with van der Waals surface area (Å²) in [5, 5.41) is 10.1. The van der Waals surface area contributed by atoms with Crippen LogP contribution in [0.2, 0.25) is 0 Å². The first-order valence-corrected chi connectivity index (χ1v) is 8.22. The Kier molecular flexibility index (Phi) is 11.1. The van der Waals surface area contributed by atoms with Crippen LogP contribution in [-0.2, 0) is 0 Å². The number of pyridine rings is 1. The van der Waals surface area contributed by atoms with Gasteiger partial charge in [0.2, 0.25) is 0 Å². The number of unbranched alkanes of at least 4 members (excludes halogenated alkanes) is 3. The third-order valence-electron chi connectivity index (χ3n) is 3.35. The van der Waals surface area contributed by atoms with E-state index in [-0.39, 0.29) is 6.54 Å². The van der Waals surface area contributed by atoms with Crippen molar-refractivity contribution in [2.45, 2.75) is 65.9 Å². The summed E-state index contributed by atoms with van der Waals surface area (Å²) in [5.41, 5.74) is 6.98. The quantitative estimate of drug-likeness (QED) is 0.720. The molecule has 2 amide bonds. The number of aromatic nitrogens is 1. The summed E-state index contributed by atoms with van der Waals surface area (Å²) in [5.74, 6) is 0. The molecule has 0 bridgehead atoms. The molecule has 0 aliphatic heterocycles. The lowest BCUT2D eigenvalue weighted by Gasteiger charge is -2.24. The van der Waals surface area contributed by atoms with Crippen molar-refractivity contribution in [3.8, 4) is 0 Å². The van der Waals surface area contributed by atoms with Crippen LogP contribution in [-0.4, -0.2) is 28.8 Å². The van der Waals surface area contributed by atoms with Gasteiger partial charge in [-0.3, -0.25) is 9.88 Å². The predicted octanol–water partition coefficient (Wildman–Crippen LogP) is 3.63. The normalized spacial score (nSPS) is 11.3. The summed E-state index contributed by atoms with van der Waals surface area (Å²) in [7, 11) is 0. The molecule has 0 aromatic carbocycles. The van der Waals surface area contributed by atoms with Gasteiger partial charge in [-0.05, 0) is 25.0 Å². The number of primary amides is 1. The van der Waals surface area contributed by atoms with Gasteiger partial charge in [0.25, 0.3) is 0 Å². The maximum Gasteiger partial charge on any atom is 0.319 e. The maximum atomic E-state index is 11.6. The summed E-state index contributed by atoms with van der Waals surface area (Å²) < 4.78 is 0. The SMILES string of the molecule is CC.CCCCCCC(O)CN(C(N)=O)c1cnccc1C. The lowest BCUT2D eigenvalue weighted by molar-refractivity contribution is 0.165. The number of hydrogen-bond acceptors (Lipinski definition) is 3. The molecule has 0 fully saturated rings. The zero-order valence-corrected chi connectivity index (χ0v) is 14.4. The average Bonchev–Trinajstić information content (AvgIpc) is 2.52. The van der Waals surface area contributed by atoms with Gasteiger partial charge in [-0.1, -0.05) is 46.5 Å². The zero-order chi connectivity index (χ0) is 17.0. The molecule has 1 rings (SSSR count). The number of carbonyl (C=O) groups is 1. The molecule has 0 saturated carbocycles. The minimum Gasteiger partial charge on any atom is -0.391 e. The van der Waals surface area contributed by atoms with Crippen molar-refractivity contribution in [3.05, 3.63) is 24.0 Å². The largest absolute Gasteiger partial charge is 0.391 e. The number of aliphatic hydroxyl groups is 1. The van der Waals surface area contributed by atoms with Gasteiger partial charge in [-0.2, -0.15) is 0 Å². The molecule has 0 spiro atoms. The standard InChI is InChI=1S/C15H25N3O2.C2H6/c1-3-4-5-6-7-13(19)11-18(15(16)20)14-10-17-9-8-12(14)2;1-2/h8-10,13,19H,3-7,11H2,1-2H3,(H2,16,20);1-2H3. The van der Waals surface area contributed by atoms with E-state index in [1.54, 1.807) is 12.4 Å². The molecule has 1 atom stereocenters. The molecule has 0 radical (unpaired) electrons. The van der Waals surface area contributed by atoms with Crippen molar-refractivity contribution in [2.24, 2.45) is 5.73 Å². The van der Waals surface area contributed by atoms with Crippen molar-refractivity contribution in [3.63, 3.8) is 0 Å². The number of aryl methyl sites for hydroxylation is 1. The summed E-state index contributed by atoms with van der Waals surface area (Å²) in [6, 6.07) is 1.26. The molecule has 1 aromatic rings. The minimum atomic E-state index is -0.561. The van der Waals surface area contributed by atoms with Crippen LogP contribution < -0.4 is 10.6 Å². The molecule has 3 N–H and O–H groups in total. The van der Waals surface area contributed by atoms with E-state index in [4.69, 9.17) is 5.73 Å². The van der Waals surface area contributed by atoms with E-state index >= 15 is 0 Å². The van der Waals surface area contributed by atoms with Crippen molar-refractivity contribution in [1.82, 2.24) is 4.98 Å². The second-order valence-corrected chi connectivity index (χ2v) is 5.11. The number of nitrogens with two attached hydrogens (primary N) is 1. The number of urea groups is 1. The zero-order valence-electron chi connectivity index (χ0n) is 14.4. The minimum absolute atomic E-state index is 0.216. The van der Waals surface area contributed by atoms with Gasteiger partial charge in [0.1, 0.15) is 0 Å². The summed E-state index contributed by atoms with van der Waals surface area (Å²) >= 11 is 0. The first-order chi connectivity index (χ1) is 10.6. The molecular formula is C17H31N3O2. The van der Waals surface area contributed by atoms with Gasteiger partial charge >= 0.3 is 6.03 Å². The van der Waals surface area contributed by atoms with Crippen molar-refractivity contribution < 1.29 is 9.90 Å². The summed E-state index contributed by atoms with van der Waals surface area (Å²) in [4.78, 5) is 17.0. The molecule has 5 heteroatoms. The summed E-state index contributed by atoms with van der Waals surface area (Å²) in [6.45, 7) is 8.25. The van der Waals surface area contributed by atoms with E-state index in [1.165, 1.54) is 17.7 Å². The monoisotopic (exact) mass is 309 g/mol. The Bertz CT molecular complexity index is 424. The molecule has 1 aromatic heterocycles. The maximum absolute atomic E-state index is 11.6. The molecule has 0 aliphatic carbocycles. The molecular weight excluding hydrogens is 278 g/mol. The topological polar surface area (TPSA) is 79.5 Å². The lowest BCUT2D eigenvalue weighted by Crippen LogP contribution is -2.41. The molecule has 5 nitrogen and oxygen atoms in total. The number of nitrogens with zero attached hydrogens (tertiary/aromatic N) is 2. The van der Waals surface area contributed by atoms with Crippen molar-refractivity contribution >= 4 is 11.7 Å². The van der Waals surface area contributed by atoms with Crippen LogP contribution in [0.3, 0.4) is 0 Å². The Hall–Kier alpha value is -1.62. The molecule has 1 heterocycles. The fourth-order valence-electron chi connectivity index (χ4n) is 2.15. The third-order valence-corrected chi connectivity index (χ3v) is 3.35. The number of rotatable bonds is 8. The fraction of sp³-hybridized carbons (Fsp3) is 0.647. The number of hydrogen-bond donors (Lipinski definition) is 2. The molecule has 22 heavy (non-hydrogen) atoms. The number of amides is 2. The number of aliphatic hydroxyl groups excluding tert-OH is 1. The van der Waals surface area contributed by atoms with Crippen LogP contribution in [0, 0.1) is 6.92 Å². The highest BCUT2D eigenvalue weighted by Gasteiger charge is 2.18. The second-order valence-electron chi connectivity index (χ2n) is 5.11. The Labute approximate surface area is 134 Å². The molecule has 0 aliphatic rings. The highest BCUT2D eigenvalue weighted by atomic mass is 16.3. The summed E-state index contributed by atoms with van der Waals surface area (Å²) in [6.07, 6.45) is 7.81.